The van der Waals surface area contributed by atoms with Crippen LogP contribution in [0.5, 0.6) is 0 Å². The summed E-state index contributed by atoms with van der Waals surface area (Å²) in [6.07, 6.45) is 0. The van der Waals surface area contributed by atoms with Crippen LogP contribution in [0.4, 0.5) is 5.13 Å². The van der Waals surface area contributed by atoms with Crippen LogP contribution < -0.4 is 5.32 Å². The number of carbonyl (C=O) groups is 2. The molecule has 0 saturated carbocycles. The molecule has 1 amide bonds. The molecule has 0 saturated heterocycles. The van der Waals surface area contributed by atoms with Crippen LogP contribution in [0.1, 0.15) is 20.2 Å². The molecule has 0 spiro atoms. The van der Waals surface area contributed by atoms with E-state index in [1.54, 1.807) is 24.3 Å². The zero-order chi connectivity index (χ0) is 13.8. The van der Waals surface area contributed by atoms with Crippen LogP contribution in [0.3, 0.4) is 0 Å². The van der Waals surface area contributed by atoms with Crippen molar-refractivity contribution in [3.8, 4) is 0 Å². The summed E-state index contributed by atoms with van der Waals surface area (Å²) in [5.74, 6) is -0.901. The molecule has 2 rings (SSSR count). The SMILES string of the molecule is COC(=O)c1nnc(NC(=O)c2ccc(Br)cc2)s1. The molecule has 0 unspecified atom stereocenters. The second kappa shape index (κ2) is 5.89. The number of nitrogens with one attached hydrogen (secondary N) is 1. The molecule has 0 aliphatic rings. The monoisotopic (exact) mass is 341 g/mol. The molecule has 0 bridgehead atoms. The Hall–Kier alpha value is -1.80. The van der Waals surface area contributed by atoms with Crippen LogP contribution in [0.25, 0.3) is 0 Å². The van der Waals surface area contributed by atoms with E-state index in [9.17, 15) is 9.59 Å². The molecule has 0 atom stereocenters. The van der Waals surface area contributed by atoms with Gasteiger partial charge in [-0.3, -0.25) is 10.1 Å². The number of anilines is 1. The lowest BCUT2D eigenvalue weighted by atomic mass is 10.2. The maximum Gasteiger partial charge on any atom is 0.369 e. The standard InChI is InChI=1S/C11H8BrN3O3S/c1-18-10(17)9-14-15-11(19-9)13-8(16)6-2-4-7(12)5-3-6/h2-5H,1H3,(H,13,15,16). The largest absolute Gasteiger partial charge is 0.464 e. The number of aromatic nitrogens is 2. The topological polar surface area (TPSA) is 81.2 Å². The van der Waals surface area contributed by atoms with Crippen LogP contribution in [0, 0.1) is 0 Å². The van der Waals surface area contributed by atoms with Gasteiger partial charge in [0.05, 0.1) is 7.11 Å². The fourth-order valence-electron chi connectivity index (χ4n) is 1.21. The number of benzene rings is 1. The Kier molecular flexibility index (Phi) is 4.23. The first kappa shape index (κ1) is 13.6. The van der Waals surface area contributed by atoms with Crippen molar-refractivity contribution in [3.63, 3.8) is 0 Å². The van der Waals surface area contributed by atoms with Gasteiger partial charge in [-0.1, -0.05) is 27.3 Å². The van der Waals surface area contributed by atoms with E-state index in [0.29, 0.717) is 5.56 Å². The van der Waals surface area contributed by atoms with Crippen LogP contribution in [0.15, 0.2) is 28.7 Å². The summed E-state index contributed by atoms with van der Waals surface area (Å²) in [5, 5.41) is 10.2. The number of ether oxygens (including phenoxy) is 1. The molecular weight excluding hydrogens is 334 g/mol. The van der Waals surface area contributed by atoms with Gasteiger partial charge in [0.15, 0.2) is 0 Å². The molecule has 1 aromatic carbocycles. The molecule has 98 valence electrons. The van der Waals surface area contributed by atoms with Gasteiger partial charge in [-0.2, -0.15) is 0 Å². The van der Waals surface area contributed by atoms with Crippen molar-refractivity contribution >= 4 is 44.3 Å². The van der Waals surface area contributed by atoms with E-state index in [-0.39, 0.29) is 16.0 Å². The van der Waals surface area contributed by atoms with E-state index in [0.717, 1.165) is 15.8 Å². The normalized spacial score (nSPS) is 10.0. The summed E-state index contributed by atoms with van der Waals surface area (Å²) < 4.78 is 5.39. The Morgan fingerprint density at radius 1 is 1.26 bits per heavy atom. The van der Waals surface area contributed by atoms with E-state index >= 15 is 0 Å². The van der Waals surface area contributed by atoms with Crippen LogP contribution in [0.2, 0.25) is 0 Å². The molecule has 19 heavy (non-hydrogen) atoms. The van der Waals surface area contributed by atoms with E-state index in [1.165, 1.54) is 7.11 Å². The minimum absolute atomic E-state index is 0.0913. The molecular formula is C11H8BrN3O3S. The lowest BCUT2D eigenvalue weighted by Gasteiger charge is -2.00. The van der Waals surface area contributed by atoms with Gasteiger partial charge in [0, 0.05) is 10.0 Å². The minimum atomic E-state index is -0.582. The number of nitrogens with zero attached hydrogens (tertiary/aromatic N) is 2. The maximum absolute atomic E-state index is 11.9. The molecule has 1 heterocycles. The van der Waals surface area contributed by atoms with Crippen molar-refractivity contribution < 1.29 is 14.3 Å². The summed E-state index contributed by atoms with van der Waals surface area (Å²) in [7, 11) is 1.25. The Balaban J connectivity index is 2.08. The third kappa shape index (κ3) is 3.36. The van der Waals surface area contributed by atoms with Gasteiger partial charge in [0.25, 0.3) is 5.91 Å². The van der Waals surface area contributed by atoms with Gasteiger partial charge in [0.1, 0.15) is 0 Å². The number of rotatable bonds is 3. The molecule has 6 nitrogen and oxygen atoms in total. The summed E-state index contributed by atoms with van der Waals surface area (Å²) in [5.41, 5.74) is 0.484. The van der Waals surface area contributed by atoms with Crippen LogP contribution >= 0.6 is 27.3 Å². The van der Waals surface area contributed by atoms with E-state index < -0.39 is 5.97 Å². The smallest absolute Gasteiger partial charge is 0.369 e. The number of methoxy groups -OCH3 is 1. The predicted molar refractivity (Wildman–Crippen MR) is 73.3 cm³/mol. The number of esters is 1. The number of amides is 1. The van der Waals surface area contributed by atoms with Gasteiger partial charge in [-0.05, 0) is 24.3 Å². The van der Waals surface area contributed by atoms with Crippen molar-refractivity contribution in [2.75, 3.05) is 12.4 Å². The van der Waals surface area contributed by atoms with Crippen molar-refractivity contribution in [2.24, 2.45) is 0 Å². The van der Waals surface area contributed by atoms with Crippen LogP contribution in [-0.4, -0.2) is 29.2 Å². The first-order valence-corrected chi connectivity index (χ1v) is 6.70. The van der Waals surface area contributed by atoms with E-state index in [1.807, 2.05) is 0 Å². The first-order valence-electron chi connectivity index (χ1n) is 5.09. The van der Waals surface area contributed by atoms with E-state index in [4.69, 9.17) is 0 Å². The van der Waals surface area contributed by atoms with Crippen molar-refractivity contribution in [1.82, 2.24) is 10.2 Å². The Morgan fingerprint density at radius 2 is 1.95 bits per heavy atom. The molecule has 1 N–H and O–H groups in total. The van der Waals surface area contributed by atoms with Gasteiger partial charge in [0.2, 0.25) is 10.1 Å². The summed E-state index contributed by atoms with van der Waals surface area (Å²) in [6.45, 7) is 0. The van der Waals surface area contributed by atoms with Crippen molar-refractivity contribution in [3.05, 3.63) is 39.3 Å². The number of hydrogen-bond acceptors (Lipinski definition) is 6. The molecule has 0 radical (unpaired) electrons. The van der Waals surface area contributed by atoms with Crippen molar-refractivity contribution in [1.29, 1.82) is 0 Å². The highest BCUT2D eigenvalue weighted by atomic mass is 79.9. The Morgan fingerprint density at radius 3 is 2.58 bits per heavy atom. The fourth-order valence-corrected chi connectivity index (χ4v) is 2.14. The maximum atomic E-state index is 11.9. The van der Waals surface area contributed by atoms with Gasteiger partial charge < -0.3 is 4.74 Å². The Labute approximate surface area is 120 Å². The average molecular weight is 342 g/mol. The van der Waals surface area contributed by atoms with Gasteiger partial charge in [-0.25, -0.2) is 4.79 Å². The van der Waals surface area contributed by atoms with Crippen LogP contribution in [-0.2, 0) is 4.74 Å². The summed E-state index contributed by atoms with van der Waals surface area (Å²) in [4.78, 5) is 23.1. The lowest BCUT2D eigenvalue weighted by Crippen LogP contribution is -2.11. The third-order valence-corrected chi connectivity index (χ3v) is 3.46. The highest BCUT2D eigenvalue weighted by Gasteiger charge is 2.15. The fraction of sp³-hybridized carbons (Fsp3) is 0.0909. The zero-order valence-electron chi connectivity index (χ0n) is 9.71. The minimum Gasteiger partial charge on any atom is -0.464 e. The van der Waals surface area contributed by atoms with Gasteiger partial charge in [-0.15, -0.1) is 10.2 Å². The molecule has 0 aliphatic carbocycles. The molecule has 0 fully saturated rings. The first-order chi connectivity index (χ1) is 9.10. The van der Waals surface area contributed by atoms with E-state index in [2.05, 4.69) is 36.2 Å². The summed E-state index contributed by atoms with van der Waals surface area (Å²) in [6, 6.07) is 6.85. The predicted octanol–water partition coefficient (Wildman–Crippen LogP) is 2.34. The van der Waals surface area contributed by atoms with Crippen molar-refractivity contribution in [2.45, 2.75) is 0 Å². The number of halogens is 1. The third-order valence-electron chi connectivity index (χ3n) is 2.11. The summed E-state index contributed by atoms with van der Waals surface area (Å²) >= 11 is 4.24. The lowest BCUT2D eigenvalue weighted by molar-refractivity contribution is 0.0599. The van der Waals surface area contributed by atoms with Gasteiger partial charge >= 0.3 is 5.97 Å². The zero-order valence-corrected chi connectivity index (χ0v) is 12.1. The molecule has 0 aliphatic heterocycles. The second-order valence-corrected chi connectivity index (χ2v) is 5.26. The quantitative estimate of drug-likeness (QED) is 0.866. The number of carbonyl (C=O) groups excluding carboxylic acids is 2. The highest BCUT2D eigenvalue weighted by Crippen LogP contribution is 2.17. The molecule has 2 aromatic rings. The highest BCUT2D eigenvalue weighted by molar-refractivity contribution is 9.10. The Bertz CT molecular complexity index is 612. The molecule has 1 aromatic heterocycles. The average Bonchev–Trinajstić information content (AvgIpc) is 2.87. The number of hydrogen-bond donors (Lipinski definition) is 1. The molecule has 8 heteroatoms. The second-order valence-electron chi connectivity index (χ2n) is 3.36.